The maximum atomic E-state index is 12.4. The topological polar surface area (TPSA) is 149 Å². The summed E-state index contributed by atoms with van der Waals surface area (Å²) < 4.78 is 2.32. The number of hydrogen-bond donors (Lipinski definition) is 6. The molecule has 7 rings (SSSR count). The van der Waals surface area contributed by atoms with Crippen LogP contribution in [0.25, 0.3) is 32.4 Å². The third-order valence-corrected chi connectivity index (χ3v) is 13.1. The molecule has 1 aromatic heterocycles. The standard InChI is InChI=1S/C56H65B2N5O6/c1-40(2)56(65)60-32-16-31-59-55(64)25-6-5-15-33-63-34-30-42(45-19-11-14-24-54(45)63)28-26-41-27-29-48-49(35-41)51(39-62(4)37-44-18-8-13-23-53(44)58(68)69)47-21-10-9-20-46(47)50(48)38-61(3)36-43-17-7-12-22-52(43)57(66)67/h7-14,17-24,27,29-30,34-35,66-69H,1,5-6,15-16,25-26,28,31-33,36-39H2,2-4H3,(H-,59,60,64,65)/p+1. The molecule has 0 aliphatic heterocycles. The smallest absolute Gasteiger partial charge is 0.423 e. The molecule has 11 nitrogen and oxygen atoms in total. The zero-order valence-electron chi connectivity index (χ0n) is 40.3. The van der Waals surface area contributed by atoms with Crippen molar-refractivity contribution in [1.82, 2.24) is 20.4 Å². The number of pyridine rings is 1. The van der Waals surface area contributed by atoms with Crippen molar-refractivity contribution in [2.45, 2.75) is 84.6 Å². The van der Waals surface area contributed by atoms with E-state index in [0.717, 1.165) is 49.8 Å². The first-order chi connectivity index (χ1) is 33.4. The molecule has 2 amide bonds. The number of unbranched alkanes of at least 4 members (excludes halogenated alkanes) is 2. The van der Waals surface area contributed by atoms with Crippen LogP contribution in [0.5, 0.6) is 0 Å². The summed E-state index contributed by atoms with van der Waals surface area (Å²) in [7, 11) is 1.04. The Balaban J connectivity index is 1.10. The Morgan fingerprint density at radius 1 is 0.580 bits per heavy atom. The van der Waals surface area contributed by atoms with Gasteiger partial charge in [0, 0.05) is 75.2 Å². The number of hydrogen-bond acceptors (Lipinski definition) is 8. The van der Waals surface area contributed by atoms with Gasteiger partial charge in [0.2, 0.25) is 17.3 Å². The lowest BCUT2D eigenvalue weighted by molar-refractivity contribution is -0.671. The first-order valence-corrected chi connectivity index (χ1v) is 24.2. The van der Waals surface area contributed by atoms with Crippen LogP contribution in [-0.4, -0.2) is 83.1 Å². The molecule has 0 atom stereocenters. The van der Waals surface area contributed by atoms with E-state index in [0.29, 0.717) is 68.6 Å². The number of carbonyl (C=O) groups excluding carboxylic acids is 2. The molecule has 7 aromatic rings. The second-order valence-electron chi connectivity index (χ2n) is 18.5. The number of para-hydroxylation sites is 1. The van der Waals surface area contributed by atoms with Crippen molar-refractivity contribution < 1.29 is 34.3 Å². The van der Waals surface area contributed by atoms with Crippen LogP contribution in [0, 0.1) is 0 Å². The molecule has 0 bridgehead atoms. The number of benzene rings is 6. The van der Waals surface area contributed by atoms with Gasteiger partial charge in [0.15, 0.2) is 6.20 Å². The number of aryl methyl sites for hydroxylation is 3. The van der Waals surface area contributed by atoms with E-state index in [4.69, 9.17) is 0 Å². The average Bonchev–Trinajstić information content (AvgIpc) is 3.34. The molecule has 6 N–H and O–H groups in total. The van der Waals surface area contributed by atoms with Gasteiger partial charge >= 0.3 is 14.2 Å². The van der Waals surface area contributed by atoms with Gasteiger partial charge in [0.1, 0.15) is 6.54 Å². The fraction of sp³-hybridized carbons (Fsp3) is 0.304. The Morgan fingerprint density at radius 2 is 1.13 bits per heavy atom. The lowest BCUT2D eigenvalue weighted by atomic mass is 9.77. The van der Waals surface area contributed by atoms with Crippen LogP contribution in [0.3, 0.4) is 0 Å². The summed E-state index contributed by atoms with van der Waals surface area (Å²) in [5.74, 6) is -0.117. The van der Waals surface area contributed by atoms with Gasteiger partial charge in [-0.05, 0) is 125 Å². The summed E-state index contributed by atoms with van der Waals surface area (Å²) in [4.78, 5) is 28.5. The molecule has 0 fully saturated rings. The van der Waals surface area contributed by atoms with Gasteiger partial charge in [-0.15, -0.1) is 0 Å². The molecular formula is C56H66B2N5O6+. The summed E-state index contributed by atoms with van der Waals surface area (Å²) >= 11 is 0. The van der Waals surface area contributed by atoms with E-state index in [1.54, 1.807) is 19.1 Å². The van der Waals surface area contributed by atoms with Crippen molar-refractivity contribution in [1.29, 1.82) is 0 Å². The maximum absolute atomic E-state index is 12.4. The third-order valence-electron chi connectivity index (χ3n) is 13.1. The van der Waals surface area contributed by atoms with Gasteiger partial charge in [-0.2, -0.15) is 4.57 Å². The number of amides is 2. The number of nitrogens with zero attached hydrogens (tertiary/aromatic N) is 3. The zero-order chi connectivity index (χ0) is 48.9. The lowest BCUT2D eigenvalue weighted by Gasteiger charge is -2.25. The van der Waals surface area contributed by atoms with Crippen molar-refractivity contribution in [3.8, 4) is 0 Å². The molecule has 0 unspecified atom stereocenters. The first kappa shape index (κ1) is 50.7. The highest BCUT2D eigenvalue weighted by molar-refractivity contribution is 6.59. The predicted molar refractivity (Wildman–Crippen MR) is 280 cm³/mol. The largest absolute Gasteiger partial charge is 0.488 e. The summed E-state index contributed by atoms with van der Waals surface area (Å²) in [6.45, 7) is 9.54. The second-order valence-corrected chi connectivity index (χ2v) is 18.5. The summed E-state index contributed by atoms with van der Waals surface area (Å²) in [6.07, 6.45) is 7.79. The van der Waals surface area contributed by atoms with Crippen LogP contribution in [0.4, 0.5) is 0 Å². The molecule has 356 valence electrons. The normalized spacial score (nSPS) is 11.5. The zero-order valence-corrected chi connectivity index (χ0v) is 40.3. The number of aromatic nitrogens is 1. The van der Waals surface area contributed by atoms with Gasteiger partial charge in [0.25, 0.3) is 0 Å². The van der Waals surface area contributed by atoms with Gasteiger partial charge < -0.3 is 30.7 Å². The minimum atomic E-state index is -1.56. The van der Waals surface area contributed by atoms with Crippen molar-refractivity contribution in [3.63, 3.8) is 0 Å². The van der Waals surface area contributed by atoms with Gasteiger partial charge in [-0.1, -0.05) is 110 Å². The van der Waals surface area contributed by atoms with E-state index < -0.39 is 14.2 Å². The van der Waals surface area contributed by atoms with E-state index in [-0.39, 0.29) is 11.8 Å². The molecule has 69 heavy (non-hydrogen) atoms. The highest BCUT2D eigenvalue weighted by Gasteiger charge is 2.22. The molecule has 0 saturated heterocycles. The maximum Gasteiger partial charge on any atom is 0.488 e. The molecule has 6 aromatic carbocycles. The Labute approximate surface area is 407 Å². The Bertz CT molecular complexity index is 2910. The molecule has 13 heteroatoms. The van der Waals surface area contributed by atoms with Crippen LogP contribution < -0.4 is 26.1 Å². The van der Waals surface area contributed by atoms with E-state index in [1.807, 2.05) is 36.4 Å². The minimum absolute atomic E-state index is 0.0426. The molecule has 1 heterocycles. The SMILES string of the molecule is C=C(C)C(=O)NCCCNC(=O)CCCCC[n+]1ccc(CCc2ccc3c(CN(C)Cc4ccccc4B(O)O)c4ccccc4c(CN(C)Cc4ccccc4B(O)O)c3c2)c2ccccc21. The predicted octanol–water partition coefficient (Wildman–Crippen LogP) is 5.60. The van der Waals surface area contributed by atoms with Crippen LogP contribution in [0.1, 0.15) is 72.4 Å². The molecule has 0 spiro atoms. The van der Waals surface area contributed by atoms with E-state index in [2.05, 4.69) is 125 Å². The number of nitrogens with one attached hydrogen (secondary N) is 2. The molecule has 0 radical (unpaired) electrons. The van der Waals surface area contributed by atoms with Crippen LogP contribution in [0.2, 0.25) is 0 Å². The van der Waals surface area contributed by atoms with Gasteiger partial charge in [-0.3, -0.25) is 19.4 Å². The summed E-state index contributed by atoms with van der Waals surface area (Å²) in [6, 6.07) is 41.3. The third kappa shape index (κ3) is 13.3. The van der Waals surface area contributed by atoms with Gasteiger partial charge in [0.05, 0.1) is 0 Å². The molecular weight excluding hydrogens is 860 g/mol. The van der Waals surface area contributed by atoms with Crippen LogP contribution in [-0.2, 0) is 55.2 Å². The van der Waals surface area contributed by atoms with Crippen LogP contribution in [0.15, 0.2) is 140 Å². The molecule has 0 saturated carbocycles. The lowest BCUT2D eigenvalue weighted by Crippen LogP contribution is -2.35. The Kier molecular flexibility index (Phi) is 17.9. The number of rotatable bonds is 24. The first-order valence-electron chi connectivity index (χ1n) is 24.2. The second kappa shape index (κ2) is 24.4. The van der Waals surface area contributed by atoms with Crippen molar-refractivity contribution in [2.24, 2.45) is 0 Å². The quantitative estimate of drug-likeness (QED) is 0.0151. The van der Waals surface area contributed by atoms with Crippen LogP contribution >= 0.6 is 0 Å². The van der Waals surface area contributed by atoms with E-state index >= 15 is 0 Å². The monoisotopic (exact) mass is 927 g/mol. The molecule has 0 aliphatic rings. The minimum Gasteiger partial charge on any atom is -0.423 e. The Hall–Kier alpha value is -6.18. The number of carbonyl (C=O) groups is 2. The fourth-order valence-electron chi connectivity index (χ4n) is 9.53. The Morgan fingerprint density at radius 3 is 1.75 bits per heavy atom. The molecule has 0 aliphatic carbocycles. The average molecular weight is 927 g/mol. The van der Waals surface area contributed by atoms with Crippen molar-refractivity contribution >= 4 is 69.4 Å². The number of fused-ring (bicyclic) bond motifs is 3. The van der Waals surface area contributed by atoms with E-state index in [1.165, 1.54) is 54.7 Å². The van der Waals surface area contributed by atoms with Crippen molar-refractivity contribution in [2.75, 3.05) is 27.2 Å². The highest BCUT2D eigenvalue weighted by Crippen LogP contribution is 2.36. The van der Waals surface area contributed by atoms with E-state index in [9.17, 15) is 29.7 Å². The highest BCUT2D eigenvalue weighted by atomic mass is 16.4. The fourth-order valence-corrected chi connectivity index (χ4v) is 9.53. The van der Waals surface area contributed by atoms with Crippen molar-refractivity contribution in [3.05, 3.63) is 173 Å². The summed E-state index contributed by atoms with van der Waals surface area (Å²) in [5.41, 5.74) is 9.35. The van der Waals surface area contributed by atoms with Gasteiger partial charge in [-0.25, -0.2) is 0 Å². The summed E-state index contributed by atoms with van der Waals surface area (Å²) in [5, 5.41) is 52.3.